The van der Waals surface area contributed by atoms with Crippen LogP contribution in [0.5, 0.6) is 17.2 Å². The van der Waals surface area contributed by atoms with E-state index in [1.165, 1.54) is 50.8 Å². The Kier molecular flexibility index (Phi) is 6.88. The second kappa shape index (κ2) is 9.77. The molecule has 160 valence electrons. The highest BCUT2D eigenvalue weighted by atomic mass is 32.2. The van der Waals surface area contributed by atoms with Crippen LogP contribution in [-0.4, -0.2) is 34.8 Å². The first-order valence-corrected chi connectivity index (χ1v) is 10.5. The summed E-state index contributed by atoms with van der Waals surface area (Å²) in [5.41, 5.74) is 3.27. The topological polar surface area (TPSA) is 103 Å². The molecule has 9 heteroatoms. The third kappa shape index (κ3) is 5.61. The zero-order valence-electron chi connectivity index (χ0n) is 16.8. The third-order valence-electron chi connectivity index (χ3n) is 4.12. The second-order valence-corrected chi connectivity index (χ2v) is 7.74. The summed E-state index contributed by atoms with van der Waals surface area (Å²) in [6.07, 6.45) is 1.38. The van der Waals surface area contributed by atoms with Gasteiger partial charge in [0, 0.05) is 5.56 Å². The van der Waals surface area contributed by atoms with Gasteiger partial charge in [-0.15, -0.1) is 0 Å². The number of hydrogen-bond acceptors (Lipinski definition) is 7. The van der Waals surface area contributed by atoms with Crippen LogP contribution in [0.1, 0.15) is 15.9 Å². The third-order valence-corrected chi connectivity index (χ3v) is 5.38. The first-order valence-electron chi connectivity index (χ1n) is 9.08. The molecule has 0 heterocycles. The van der Waals surface area contributed by atoms with Crippen LogP contribution in [0, 0.1) is 0 Å². The number of methoxy groups -OCH3 is 2. The first kappa shape index (κ1) is 21.8. The summed E-state index contributed by atoms with van der Waals surface area (Å²) in [5.74, 6) is 0.601. The van der Waals surface area contributed by atoms with Gasteiger partial charge in [0.25, 0.3) is 5.91 Å². The number of benzene rings is 3. The van der Waals surface area contributed by atoms with Crippen molar-refractivity contribution in [3.63, 3.8) is 0 Å². The van der Waals surface area contributed by atoms with E-state index in [2.05, 4.69) is 10.5 Å². The van der Waals surface area contributed by atoms with Gasteiger partial charge in [0.1, 0.15) is 10.6 Å². The molecule has 3 aromatic carbocycles. The van der Waals surface area contributed by atoms with Gasteiger partial charge in [-0.1, -0.05) is 30.3 Å². The predicted molar refractivity (Wildman–Crippen MR) is 115 cm³/mol. The second-order valence-electron chi connectivity index (χ2n) is 6.19. The zero-order chi connectivity index (χ0) is 22.3. The minimum atomic E-state index is -3.95. The van der Waals surface area contributed by atoms with Crippen molar-refractivity contribution in [2.45, 2.75) is 4.90 Å². The normalized spacial score (nSPS) is 11.2. The van der Waals surface area contributed by atoms with Crippen LogP contribution in [0.3, 0.4) is 0 Å². The molecule has 3 aromatic rings. The molecule has 8 nitrogen and oxygen atoms in total. The van der Waals surface area contributed by atoms with Crippen LogP contribution in [-0.2, 0) is 10.1 Å². The molecule has 0 saturated carbocycles. The minimum absolute atomic E-state index is 0.0521. The number of hydrazone groups is 1. The maximum absolute atomic E-state index is 12.3. The lowest BCUT2D eigenvalue weighted by Gasteiger charge is -2.08. The number of amides is 1. The van der Waals surface area contributed by atoms with E-state index in [1.807, 2.05) is 0 Å². The van der Waals surface area contributed by atoms with Gasteiger partial charge in [0.05, 0.1) is 20.4 Å². The predicted octanol–water partition coefficient (Wildman–Crippen LogP) is 3.24. The summed E-state index contributed by atoms with van der Waals surface area (Å²) >= 11 is 0. The fourth-order valence-corrected chi connectivity index (χ4v) is 3.56. The van der Waals surface area contributed by atoms with Crippen molar-refractivity contribution in [1.29, 1.82) is 0 Å². The summed E-state index contributed by atoms with van der Waals surface area (Å²) in [4.78, 5) is 12.3. The molecule has 0 aliphatic carbocycles. The van der Waals surface area contributed by atoms with Crippen molar-refractivity contribution in [2.75, 3.05) is 14.2 Å². The molecule has 0 bridgehead atoms. The Labute approximate surface area is 180 Å². The first-order chi connectivity index (χ1) is 14.9. The van der Waals surface area contributed by atoms with Crippen LogP contribution >= 0.6 is 0 Å². The van der Waals surface area contributed by atoms with Crippen molar-refractivity contribution in [3.05, 3.63) is 83.9 Å². The molecule has 0 aromatic heterocycles. The summed E-state index contributed by atoms with van der Waals surface area (Å²) in [5, 5.41) is 3.91. The van der Waals surface area contributed by atoms with Crippen LogP contribution in [0.25, 0.3) is 0 Å². The van der Waals surface area contributed by atoms with Crippen molar-refractivity contribution in [1.82, 2.24) is 5.43 Å². The van der Waals surface area contributed by atoms with Crippen molar-refractivity contribution >= 4 is 22.2 Å². The van der Waals surface area contributed by atoms with Crippen molar-refractivity contribution in [3.8, 4) is 17.2 Å². The van der Waals surface area contributed by atoms with Gasteiger partial charge < -0.3 is 13.7 Å². The van der Waals surface area contributed by atoms with Gasteiger partial charge in [0.15, 0.2) is 11.5 Å². The Morgan fingerprint density at radius 1 is 0.903 bits per heavy atom. The summed E-state index contributed by atoms with van der Waals surface area (Å²) < 4.78 is 40.2. The molecule has 1 N–H and O–H groups in total. The lowest BCUT2D eigenvalue weighted by molar-refractivity contribution is 0.0954. The van der Waals surface area contributed by atoms with Crippen LogP contribution < -0.4 is 19.1 Å². The van der Waals surface area contributed by atoms with E-state index in [9.17, 15) is 13.2 Å². The maximum Gasteiger partial charge on any atom is 0.339 e. The average Bonchev–Trinajstić information content (AvgIpc) is 2.79. The lowest BCUT2D eigenvalue weighted by Crippen LogP contribution is -2.17. The highest BCUT2D eigenvalue weighted by Crippen LogP contribution is 2.27. The van der Waals surface area contributed by atoms with Crippen molar-refractivity contribution in [2.24, 2.45) is 5.10 Å². The maximum atomic E-state index is 12.3. The van der Waals surface area contributed by atoms with E-state index < -0.39 is 16.0 Å². The van der Waals surface area contributed by atoms with Crippen LogP contribution in [0.4, 0.5) is 0 Å². The van der Waals surface area contributed by atoms with Gasteiger partial charge >= 0.3 is 10.1 Å². The van der Waals surface area contributed by atoms with E-state index in [4.69, 9.17) is 13.7 Å². The van der Waals surface area contributed by atoms with E-state index in [0.29, 0.717) is 22.6 Å². The summed E-state index contributed by atoms with van der Waals surface area (Å²) in [7, 11) is -0.967. The molecule has 3 rings (SSSR count). The lowest BCUT2D eigenvalue weighted by atomic mass is 10.2. The Balaban J connectivity index is 1.68. The largest absolute Gasteiger partial charge is 0.493 e. The standard InChI is InChI=1S/C22H20N2O6S/c1-28-20-12-11-17(14-21(20)29-2)22(25)24-23-15-16-7-6-8-18(13-16)30-31(26,27)19-9-4-3-5-10-19/h3-15H,1-2H3,(H,24,25)/b23-15+. The molecular formula is C22H20N2O6S. The molecule has 0 radical (unpaired) electrons. The minimum Gasteiger partial charge on any atom is -0.493 e. The zero-order valence-corrected chi connectivity index (χ0v) is 17.6. The number of hydrogen-bond donors (Lipinski definition) is 1. The summed E-state index contributed by atoms with van der Waals surface area (Å²) in [6.45, 7) is 0. The number of nitrogens with one attached hydrogen (secondary N) is 1. The molecule has 1 amide bonds. The molecule has 0 aliphatic rings. The van der Waals surface area contributed by atoms with Gasteiger partial charge in [-0.05, 0) is 48.0 Å². The van der Waals surface area contributed by atoms with Crippen LogP contribution in [0.2, 0.25) is 0 Å². The number of ether oxygens (including phenoxy) is 2. The molecule has 0 saturated heterocycles. The fourth-order valence-electron chi connectivity index (χ4n) is 2.62. The summed E-state index contributed by atoms with van der Waals surface area (Å²) in [6, 6.07) is 18.9. The number of carbonyl (C=O) groups excluding carboxylic acids is 1. The molecule has 0 fully saturated rings. The Hall–Kier alpha value is -3.85. The Morgan fingerprint density at radius 2 is 1.65 bits per heavy atom. The van der Waals surface area contributed by atoms with Crippen molar-refractivity contribution < 1.29 is 26.9 Å². The molecule has 31 heavy (non-hydrogen) atoms. The SMILES string of the molecule is COc1ccc(C(=O)N/N=C/c2cccc(OS(=O)(=O)c3ccccc3)c2)cc1OC. The van der Waals surface area contributed by atoms with E-state index in [-0.39, 0.29) is 10.6 Å². The van der Waals surface area contributed by atoms with Gasteiger partial charge in [-0.2, -0.15) is 13.5 Å². The quantitative estimate of drug-likeness (QED) is 0.328. The Bertz CT molecular complexity index is 1190. The average molecular weight is 440 g/mol. The fraction of sp³-hybridized carbons (Fsp3) is 0.0909. The molecule has 0 atom stereocenters. The number of carbonyl (C=O) groups is 1. The Morgan fingerprint density at radius 3 is 2.35 bits per heavy atom. The van der Waals surface area contributed by atoms with Gasteiger partial charge in [-0.25, -0.2) is 5.43 Å². The van der Waals surface area contributed by atoms with Crippen LogP contribution in [0.15, 0.2) is 82.8 Å². The van der Waals surface area contributed by atoms with E-state index in [1.54, 1.807) is 42.5 Å². The number of rotatable bonds is 8. The molecule has 0 aliphatic heterocycles. The van der Waals surface area contributed by atoms with Gasteiger partial charge in [0.2, 0.25) is 0 Å². The van der Waals surface area contributed by atoms with E-state index >= 15 is 0 Å². The molecule has 0 unspecified atom stereocenters. The monoisotopic (exact) mass is 440 g/mol. The molecular weight excluding hydrogens is 420 g/mol. The smallest absolute Gasteiger partial charge is 0.339 e. The highest BCUT2D eigenvalue weighted by Gasteiger charge is 2.16. The molecule has 0 spiro atoms. The highest BCUT2D eigenvalue weighted by molar-refractivity contribution is 7.87. The van der Waals surface area contributed by atoms with E-state index in [0.717, 1.165) is 0 Å². The number of nitrogens with zero attached hydrogens (tertiary/aromatic N) is 1. The van der Waals surface area contributed by atoms with Gasteiger partial charge in [-0.3, -0.25) is 4.79 Å².